The molecule has 1 aliphatic heterocycles. The van der Waals surface area contributed by atoms with Gasteiger partial charge in [-0.15, -0.1) is 0 Å². The van der Waals surface area contributed by atoms with Gasteiger partial charge in [0.2, 0.25) is 5.91 Å². The molecule has 1 aliphatic rings. The van der Waals surface area contributed by atoms with E-state index in [1.807, 2.05) is 54.6 Å². The van der Waals surface area contributed by atoms with Gasteiger partial charge in [-0.2, -0.15) is 0 Å². The van der Waals surface area contributed by atoms with E-state index in [2.05, 4.69) is 10.3 Å². The van der Waals surface area contributed by atoms with Gasteiger partial charge in [-0.1, -0.05) is 48.5 Å². The molecule has 0 fully saturated rings. The number of aromatic nitrogens is 1. The van der Waals surface area contributed by atoms with Crippen molar-refractivity contribution in [3.05, 3.63) is 71.4 Å². The maximum absolute atomic E-state index is 13.5. The number of aromatic amines is 1. The summed E-state index contributed by atoms with van der Waals surface area (Å²) < 4.78 is 5.23. The normalized spacial score (nSPS) is 17.0. The summed E-state index contributed by atoms with van der Waals surface area (Å²) in [5.41, 5.74) is 3.41. The van der Waals surface area contributed by atoms with E-state index in [0.717, 1.165) is 22.0 Å². The maximum Gasteiger partial charge on any atom is 0.332 e. The Bertz CT molecular complexity index is 1210. The lowest BCUT2D eigenvalue weighted by Gasteiger charge is -2.35. The highest BCUT2D eigenvalue weighted by Gasteiger charge is 2.40. The van der Waals surface area contributed by atoms with Crippen LogP contribution >= 0.6 is 0 Å². The Morgan fingerprint density at radius 3 is 2.57 bits per heavy atom. The van der Waals surface area contributed by atoms with Crippen LogP contribution in [-0.4, -0.2) is 58.1 Å². The molecule has 184 valence electrons. The zero-order chi connectivity index (χ0) is 24.9. The minimum Gasteiger partial charge on any atom is -0.479 e. The summed E-state index contributed by atoms with van der Waals surface area (Å²) in [6.07, 6.45) is 1.64. The number of carbonyl (C=O) groups is 3. The number of amides is 1. The predicted molar refractivity (Wildman–Crippen MR) is 132 cm³/mol. The van der Waals surface area contributed by atoms with Gasteiger partial charge in [0, 0.05) is 17.4 Å². The molecule has 3 atom stereocenters. The second kappa shape index (κ2) is 10.7. The molecule has 0 aliphatic carbocycles. The van der Waals surface area contributed by atoms with Crippen LogP contribution in [0.1, 0.15) is 43.1 Å². The molecule has 0 saturated heterocycles. The molecule has 2 aromatic carbocycles. The quantitative estimate of drug-likeness (QED) is 0.408. The molecule has 2 heterocycles. The molecule has 4 rings (SSSR count). The van der Waals surface area contributed by atoms with Crippen molar-refractivity contribution in [3.63, 3.8) is 0 Å². The number of H-pyrrole nitrogens is 1. The van der Waals surface area contributed by atoms with Crippen LogP contribution in [0, 0.1) is 0 Å². The number of fused-ring (bicyclic) bond motifs is 3. The Kier molecular flexibility index (Phi) is 7.51. The fourth-order valence-electron chi connectivity index (χ4n) is 4.82. The summed E-state index contributed by atoms with van der Waals surface area (Å²) in [6, 6.07) is 14.9. The van der Waals surface area contributed by atoms with Crippen molar-refractivity contribution in [1.82, 2.24) is 15.2 Å². The lowest BCUT2D eigenvalue weighted by Crippen LogP contribution is -2.54. The fraction of sp³-hybridized carbons (Fsp3) is 0.370. The van der Waals surface area contributed by atoms with Crippen molar-refractivity contribution < 1.29 is 24.2 Å². The van der Waals surface area contributed by atoms with Crippen molar-refractivity contribution in [2.24, 2.45) is 0 Å². The number of ether oxygens (including phenoxy) is 1. The van der Waals surface area contributed by atoms with E-state index in [9.17, 15) is 19.5 Å². The van der Waals surface area contributed by atoms with E-state index < -0.39 is 30.1 Å². The molecule has 3 N–H and O–H groups in total. The molecule has 0 radical (unpaired) electrons. The summed E-state index contributed by atoms with van der Waals surface area (Å²) in [6.45, 7) is 3.92. The van der Waals surface area contributed by atoms with E-state index in [4.69, 9.17) is 4.74 Å². The Morgan fingerprint density at radius 1 is 1.14 bits per heavy atom. The first-order valence-corrected chi connectivity index (χ1v) is 12.0. The number of carbonyl (C=O) groups excluding carboxylic acids is 2. The predicted octanol–water partition coefficient (Wildman–Crippen LogP) is 3.22. The van der Waals surface area contributed by atoms with Crippen LogP contribution in [0.15, 0.2) is 54.6 Å². The molecule has 8 heteroatoms. The van der Waals surface area contributed by atoms with Gasteiger partial charge in [0.05, 0.1) is 18.3 Å². The lowest BCUT2D eigenvalue weighted by atomic mass is 9.96. The number of nitrogens with one attached hydrogen (secondary N) is 2. The molecule has 0 saturated carbocycles. The van der Waals surface area contributed by atoms with Crippen molar-refractivity contribution in [2.45, 2.75) is 51.2 Å². The van der Waals surface area contributed by atoms with Crippen LogP contribution < -0.4 is 5.32 Å². The average Bonchev–Trinajstić information content (AvgIpc) is 3.24. The van der Waals surface area contributed by atoms with Gasteiger partial charge >= 0.3 is 11.9 Å². The van der Waals surface area contributed by atoms with Crippen LogP contribution in [0.2, 0.25) is 0 Å². The van der Waals surface area contributed by atoms with Crippen LogP contribution in [-0.2, 0) is 32.0 Å². The smallest absolute Gasteiger partial charge is 0.332 e. The third-order valence-corrected chi connectivity index (χ3v) is 6.51. The van der Waals surface area contributed by atoms with Crippen LogP contribution in [0.25, 0.3) is 10.9 Å². The van der Waals surface area contributed by atoms with Gasteiger partial charge in [-0.25, -0.2) is 4.79 Å². The number of nitrogens with zero attached hydrogens (tertiary/aromatic N) is 1. The fourth-order valence-corrected chi connectivity index (χ4v) is 4.82. The van der Waals surface area contributed by atoms with Gasteiger partial charge in [0.1, 0.15) is 6.04 Å². The Hall–Kier alpha value is -3.65. The van der Waals surface area contributed by atoms with Gasteiger partial charge < -0.3 is 19.7 Å². The number of para-hydroxylation sites is 1. The topological polar surface area (TPSA) is 112 Å². The molecular weight excluding hydrogens is 446 g/mol. The summed E-state index contributed by atoms with van der Waals surface area (Å²) in [7, 11) is 0. The second-order valence-corrected chi connectivity index (χ2v) is 8.80. The zero-order valence-electron chi connectivity index (χ0n) is 20.0. The molecule has 3 aromatic rings. The van der Waals surface area contributed by atoms with E-state index in [-0.39, 0.29) is 19.1 Å². The van der Waals surface area contributed by atoms with Crippen LogP contribution in [0.4, 0.5) is 0 Å². The molecule has 8 nitrogen and oxygen atoms in total. The Labute approximate surface area is 204 Å². The average molecular weight is 478 g/mol. The highest BCUT2D eigenvalue weighted by Crippen LogP contribution is 2.35. The lowest BCUT2D eigenvalue weighted by molar-refractivity contribution is -0.153. The first-order chi connectivity index (χ1) is 16.9. The Balaban J connectivity index is 1.52. The third-order valence-electron chi connectivity index (χ3n) is 6.51. The van der Waals surface area contributed by atoms with Crippen molar-refractivity contribution in [1.29, 1.82) is 0 Å². The number of aryl methyl sites for hydroxylation is 1. The summed E-state index contributed by atoms with van der Waals surface area (Å²) in [5, 5.41) is 14.1. The largest absolute Gasteiger partial charge is 0.479 e. The molecular formula is C27H31N3O5. The minimum absolute atomic E-state index is 0.237. The molecule has 35 heavy (non-hydrogen) atoms. The number of rotatable bonds is 9. The monoisotopic (exact) mass is 477 g/mol. The first kappa shape index (κ1) is 24.5. The van der Waals surface area contributed by atoms with Crippen molar-refractivity contribution >= 4 is 28.7 Å². The van der Waals surface area contributed by atoms with Gasteiger partial charge in [0.25, 0.3) is 0 Å². The number of hydrogen-bond acceptors (Lipinski definition) is 5. The maximum atomic E-state index is 13.5. The van der Waals surface area contributed by atoms with E-state index >= 15 is 0 Å². The highest BCUT2D eigenvalue weighted by atomic mass is 16.5. The standard InChI is InChI=1S/C27H31N3O5/c1-3-35-27(34)22(14-13-18-9-5-4-6-10-18)28-17(2)25(31)30-16-15-20-19-11-7-8-12-21(19)29-23(20)24(30)26(32)33/h4-12,17,22,24,28-29H,3,13-16H2,1-2H3,(H,32,33)/t17-,22-,24-/m0/s1. The minimum atomic E-state index is -1.12. The number of aliphatic carboxylic acids is 1. The highest BCUT2D eigenvalue weighted by molar-refractivity contribution is 5.92. The van der Waals surface area contributed by atoms with E-state index in [1.165, 1.54) is 4.90 Å². The number of hydrogen-bond donors (Lipinski definition) is 3. The molecule has 0 unspecified atom stereocenters. The van der Waals surface area contributed by atoms with Crippen LogP contribution in [0.5, 0.6) is 0 Å². The molecule has 1 amide bonds. The molecule has 1 aromatic heterocycles. The third kappa shape index (κ3) is 5.22. The summed E-state index contributed by atoms with van der Waals surface area (Å²) in [5.74, 6) is -1.88. The number of carboxylic acids is 1. The number of benzene rings is 2. The summed E-state index contributed by atoms with van der Waals surface area (Å²) >= 11 is 0. The number of esters is 1. The second-order valence-electron chi connectivity index (χ2n) is 8.80. The molecule has 0 bridgehead atoms. The summed E-state index contributed by atoms with van der Waals surface area (Å²) in [4.78, 5) is 43.0. The van der Waals surface area contributed by atoms with Gasteiger partial charge in [-0.3, -0.25) is 14.9 Å². The van der Waals surface area contributed by atoms with Gasteiger partial charge in [-0.05, 0) is 50.3 Å². The van der Waals surface area contributed by atoms with Crippen LogP contribution in [0.3, 0.4) is 0 Å². The molecule has 0 spiro atoms. The Morgan fingerprint density at radius 2 is 1.86 bits per heavy atom. The first-order valence-electron chi connectivity index (χ1n) is 12.0. The van der Waals surface area contributed by atoms with Crippen molar-refractivity contribution in [2.75, 3.05) is 13.2 Å². The SMILES string of the molecule is CCOC(=O)[C@H](CCc1ccccc1)N[C@@H](C)C(=O)N1CCc2c([nH]c3ccccc23)[C@H]1C(=O)O. The van der Waals surface area contributed by atoms with E-state index in [0.29, 0.717) is 25.0 Å². The number of carboxylic acid groups (broad SMARTS) is 1. The van der Waals surface area contributed by atoms with Crippen molar-refractivity contribution in [3.8, 4) is 0 Å². The zero-order valence-corrected chi connectivity index (χ0v) is 20.0. The van der Waals surface area contributed by atoms with Gasteiger partial charge in [0.15, 0.2) is 6.04 Å². The van der Waals surface area contributed by atoms with E-state index in [1.54, 1.807) is 13.8 Å².